The van der Waals surface area contributed by atoms with E-state index in [4.69, 9.17) is 9.47 Å². The van der Waals surface area contributed by atoms with E-state index in [-0.39, 0.29) is 11.9 Å². The number of anilines is 1. The van der Waals surface area contributed by atoms with Crippen LogP contribution in [0.2, 0.25) is 0 Å². The molecule has 2 aromatic rings. The van der Waals surface area contributed by atoms with Crippen molar-refractivity contribution in [2.45, 2.75) is 5.92 Å². The number of nitrogens with one attached hydrogen (secondary N) is 1. The third-order valence-corrected chi connectivity index (χ3v) is 3.29. The second kappa shape index (κ2) is 7.33. The van der Waals surface area contributed by atoms with Gasteiger partial charge in [-0.05, 0) is 29.8 Å². The van der Waals surface area contributed by atoms with Crippen LogP contribution in [-0.2, 0) is 9.53 Å². The summed E-state index contributed by atoms with van der Waals surface area (Å²) in [7, 11) is 3.04. The maximum Gasteiger partial charge on any atom is 0.314 e. The number of rotatable bonds is 6. The van der Waals surface area contributed by atoms with Gasteiger partial charge in [0.15, 0.2) is 0 Å². The van der Waals surface area contributed by atoms with Crippen LogP contribution in [0.3, 0.4) is 0 Å². The molecule has 4 heteroatoms. The average molecular weight is 285 g/mol. The van der Waals surface area contributed by atoms with Crippen molar-refractivity contribution in [2.24, 2.45) is 0 Å². The van der Waals surface area contributed by atoms with Crippen molar-refractivity contribution in [2.75, 3.05) is 26.1 Å². The molecule has 0 saturated carbocycles. The summed E-state index contributed by atoms with van der Waals surface area (Å²) in [4.78, 5) is 12.0. The largest absolute Gasteiger partial charge is 0.497 e. The summed E-state index contributed by atoms with van der Waals surface area (Å²) in [5, 5.41) is 3.25. The molecule has 0 aliphatic rings. The first-order valence-corrected chi connectivity index (χ1v) is 6.75. The number of hydrogen-bond donors (Lipinski definition) is 1. The molecular weight excluding hydrogens is 266 g/mol. The molecule has 1 unspecified atom stereocenters. The summed E-state index contributed by atoms with van der Waals surface area (Å²) in [5.41, 5.74) is 1.87. The van der Waals surface area contributed by atoms with Gasteiger partial charge in [-0.1, -0.05) is 30.3 Å². The first-order valence-electron chi connectivity index (χ1n) is 6.75. The molecular formula is C17H19NO3. The number of carbonyl (C=O) groups excluding carboxylic acids is 1. The van der Waals surface area contributed by atoms with E-state index in [1.807, 2.05) is 54.6 Å². The Balaban J connectivity index is 2.07. The van der Waals surface area contributed by atoms with Crippen molar-refractivity contribution in [1.82, 2.24) is 0 Å². The van der Waals surface area contributed by atoms with E-state index in [1.54, 1.807) is 7.11 Å². The van der Waals surface area contributed by atoms with E-state index in [1.165, 1.54) is 7.11 Å². The Bertz CT molecular complexity index is 566. The van der Waals surface area contributed by atoms with Crippen LogP contribution in [0, 0.1) is 0 Å². The Morgan fingerprint density at radius 3 is 2.29 bits per heavy atom. The molecule has 2 aromatic carbocycles. The van der Waals surface area contributed by atoms with Crippen molar-refractivity contribution in [3.8, 4) is 5.75 Å². The number of esters is 1. The lowest BCUT2D eigenvalue weighted by Gasteiger charge is -2.16. The lowest BCUT2D eigenvalue weighted by molar-refractivity contribution is -0.142. The summed E-state index contributed by atoms with van der Waals surface area (Å²) in [6, 6.07) is 17.2. The highest BCUT2D eigenvalue weighted by Gasteiger charge is 2.20. The van der Waals surface area contributed by atoms with Crippen LogP contribution in [0.25, 0.3) is 0 Å². The molecule has 1 atom stereocenters. The lowest BCUT2D eigenvalue weighted by atomic mass is 9.99. The van der Waals surface area contributed by atoms with Crippen molar-refractivity contribution >= 4 is 11.7 Å². The minimum Gasteiger partial charge on any atom is -0.497 e. The van der Waals surface area contributed by atoms with Gasteiger partial charge in [-0.15, -0.1) is 0 Å². The molecule has 4 nitrogen and oxygen atoms in total. The summed E-state index contributed by atoms with van der Waals surface area (Å²) < 4.78 is 10.0. The molecule has 0 bridgehead atoms. The van der Waals surface area contributed by atoms with E-state index < -0.39 is 0 Å². The zero-order valence-electron chi connectivity index (χ0n) is 12.2. The van der Waals surface area contributed by atoms with Gasteiger partial charge in [0.1, 0.15) is 5.75 Å². The van der Waals surface area contributed by atoms with Crippen LogP contribution in [0.5, 0.6) is 5.75 Å². The minimum atomic E-state index is -0.335. The third kappa shape index (κ3) is 3.99. The maximum atomic E-state index is 12.0. The highest BCUT2D eigenvalue weighted by molar-refractivity contribution is 5.78. The SMILES string of the molecule is COC(=O)C(CNc1ccc(OC)cc1)c1ccccc1. The summed E-state index contributed by atoms with van der Waals surface area (Å²) in [5.74, 6) is 0.216. The first kappa shape index (κ1) is 14.9. The highest BCUT2D eigenvalue weighted by atomic mass is 16.5. The second-order valence-electron chi connectivity index (χ2n) is 4.60. The van der Waals surface area contributed by atoms with E-state index in [9.17, 15) is 4.79 Å². The number of ether oxygens (including phenoxy) is 2. The normalized spacial score (nSPS) is 11.5. The second-order valence-corrected chi connectivity index (χ2v) is 4.60. The van der Waals surface area contributed by atoms with Crippen LogP contribution in [0.1, 0.15) is 11.5 Å². The monoisotopic (exact) mass is 285 g/mol. The van der Waals surface area contributed by atoms with Gasteiger partial charge in [0, 0.05) is 12.2 Å². The molecule has 0 fully saturated rings. The van der Waals surface area contributed by atoms with Crippen molar-refractivity contribution in [3.05, 3.63) is 60.2 Å². The summed E-state index contributed by atoms with van der Waals surface area (Å²) in [6.07, 6.45) is 0. The Kier molecular flexibility index (Phi) is 5.21. The van der Waals surface area contributed by atoms with E-state index >= 15 is 0 Å². The molecule has 110 valence electrons. The Morgan fingerprint density at radius 2 is 1.71 bits per heavy atom. The Hall–Kier alpha value is -2.49. The van der Waals surface area contributed by atoms with Gasteiger partial charge in [0.25, 0.3) is 0 Å². The molecule has 0 saturated heterocycles. The van der Waals surface area contributed by atoms with Crippen LogP contribution in [-0.4, -0.2) is 26.7 Å². The fourth-order valence-electron chi connectivity index (χ4n) is 2.09. The zero-order chi connectivity index (χ0) is 15.1. The molecule has 21 heavy (non-hydrogen) atoms. The molecule has 1 N–H and O–H groups in total. The molecule has 0 amide bonds. The average Bonchev–Trinajstić information content (AvgIpc) is 2.56. The Labute approximate surface area is 124 Å². The molecule has 0 aromatic heterocycles. The molecule has 0 aliphatic carbocycles. The number of hydrogen-bond acceptors (Lipinski definition) is 4. The summed E-state index contributed by atoms with van der Waals surface area (Å²) in [6.45, 7) is 0.475. The molecule has 2 rings (SSSR count). The summed E-state index contributed by atoms with van der Waals surface area (Å²) >= 11 is 0. The molecule has 0 aliphatic heterocycles. The quantitative estimate of drug-likeness (QED) is 0.829. The minimum absolute atomic E-state index is 0.248. The van der Waals surface area contributed by atoms with E-state index in [2.05, 4.69) is 5.32 Å². The van der Waals surface area contributed by atoms with Gasteiger partial charge < -0.3 is 14.8 Å². The van der Waals surface area contributed by atoms with Gasteiger partial charge >= 0.3 is 5.97 Å². The number of benzene rings is 2. The smallest absolute Gasteiger partial charge is 0.314 e. The maximum absolute atomic E-state index is 12.0. The zero-order valence-corrected chi connectivity index (χ0v) is 12.2. The number of methoxy groups -OCH3 is 2. The van der Waals surface area contributed by atoms with Gasteiger partial charge in [-0.3, -0.25) is 4.79 Å². The van der Waals surface area contributed by atoms with Crippen molar-refractivity contribution in [1.29, 1.82) is 0 Å². The van der Waals surface area contributed by atoms with E-state index in [0.717, 1.165) is 17.0 Å². The van der Waals surface area contributed by atoms with Crippen LogP contribution in [0.15, 0.2) is 54.6 Å². The predicted octanol–water partition coefficient (Wildman–Crippen LogP) is 3.06. The van der Waals surface area contributed by atoms with Crippen LogP contribution >= 0.6 is 0 Å². The fraction of sp³-hybridized carbons (Fsp3) is 0.235. The van der Waals surface area contributed by atoms with Crippen LogP contribution < -0.4 is 10.1 Å². The molecule has 0 radical (unpaired) electrons. The van der Waals surface area contributed by atoms with Gasteiger partial charge in [-0.25, -0.2) is 0 Å². The molecule has 0 heterocycles. The van der Waals surface area contributed by atoms with Crippen molar-refractivity contribution < 1.29 is 14.3 Å². The predicted molar refractivity (Wildman–Crippen MR) is 82.7 cm³/mol. The number of carbonyl (C=O) groups is 1. The topological polar surface area (TPSA) is 47.6 Å². The molecule has 0 spiro atoms. The van der Waals surface area contributed by atoms with Crippen molar-refractivity contribution in [3.63, 3.8) is 0 Å². The van der Waals surface area contributed by atoms with Gasteiger partial charge in [-0.2, -0.15) is 0 Å². The van der Waals surface area contributed by atoms with E-state index in [0.29, 0.717) is 6.54 Å². The lowest BCUT2D eigenvalue weighted by Crippen LogP contribution is -2.22. The highest BCUT2D eigenvalue weighted by Crippen LogP contribution is 2.20. The standard InChI is InChI=1S/C17H19NO3/c1-20-15-10-8-14(9-11-15)18-12-16(17(19)21-2)13-6-4-3-5-7-13/h3-11,16,18H,12H2,1-2H3. The Morgan fingerprint density at radius 1 is 1.05 bits per heavy atom. The third-order valence-electron chi connectivity index (χ3n) is 3.29. The first-order chi connectivity index (χ1) is 10.2. The van der Waals surface area contributed by atoms with Gasteiger partial charge in [0.05, 0.1) is 20.1 Å². The fourth-order valence-corrected chi connectivity index (χ4v) is 2.09. The van der Waals surface area contributed by atoms with Gasteiger partial charge in [0.2, 0.25) is 0 Å². The van der Waals surface area contributed by atoms with Crippen LogP contribution in [0.4, 0.5) is 5.69 Å².